The minimum Gasteiger partial charge on any atom is -0.328 e. The van der Waals surface area contributed by atoms with Crippen molar-refractivity contribution in [1.82, 2.24) is 0 Å². The van der Waals surface area contributed by atoms with Gasteiger partial charge >= 0.3 is 0 Å². The van der Waals surface area contributed by atoms with E-state index >= 15 is 0 Å². The van der Waals surface area contributed by atoms with Crippen molar-refractivity contribution >= 4 is 11.8 Å². The Morgan fingerprint density at radius 3 is 2.79 bits per heavy atom. The van der Waals surface area contributed by atoms with Gasteiger partial charge in [0.15, 0.2) is 0 Å². The number of hydrogen-bond donors (Lipinski definition) is 1. The molecule has 0 aliphatic carbocycles. The van der Waals surface area contributed by atoms with Crippen LogP contribution >= 0.6 is 11.8 Å². The van der Waals surface area contributed by atoms with Crippen molar-refractivity contribution in [2.45, 2.75) is 31.2 Å². The summed E-state index contributed by atoms with van der Waals surface area (Å²) in [5, 5.41) is 0. The predicted octanol–water partition coefficient (Wildman–Crippen LogP) is 2.96. The Balaban J connectivity index is 2.47. The van der Waals surface area contributed by atoms with Crippen molar-refractivity contribution in [3.8, 4) is 0 Å². The summed E-state index contributed by atoms with van der Waals surface area (Å²) in [7, 11) is 0. The van der Waals surface area contributed by atoms with Crippen molar-refractivity contribution in [2.24, 2.45) is 5.73 Å². The molecule has 0 aliphatic rings. The summed E-state index contributed by atoms with van der Waals surface area (Å²) < 4.78 is 12.9. The van der Waals surface area contributed by atoms with Gasteiger partial charge in [-0.1, -0.05) is 0 Å². The normalized spacial score (nSPS) is 12.9. The summed E-state index contributed by atoms with van der Waals surface area (Å²) in [6.07, 6.45) is 0.987. The van der Waals surface area contributed by atoms with Gasteiger partial charge in [0.25, 0.3) is 0 Å². The summed E-state index contributed by atoms with van der Waals surface area (Å²) in [4.78, 5) is 1.12. The largest absolute Gasteiger partial charge is 0.328 e. The minimum absolute atomic E-state index is 0.137. The number of aryl methyl sites for hydroxylation is 1. The molecule has 3 heteroatoms. The lowest BCUT2D eigenvalue weighted by Gasteiger charge is -2.05. The van der Waals surface area contributed by atoms with E-state index in [0.29, 0.717) is 5.56 Å². The van der Waals surface area contributed by atoms with Crippen LogP contribution in [0.4, 0.5) is 4.39 Å². The Hall–Kier alpha value is -0.540. The van der Waals surface area contributed by atoms with E-state index in [-0.39, 0.29) is 11.9 Å². The van der Waals surface area contributed by atoms with Crippen molar-refractivity contribution in [1.29, 1.82) is 0 Å². The van der Waals surface area contributed by atoms with Gasteiger partial charge in [-0.15, -0.1) is 11.8 Å². The molecule has 0 bridgehead atoms. The molecule has 1 aromatic carbocycles. The third-order valence-electron chi connectivity index (χ3n) is 1.97. The first-order valence-electron chi connectivity index (χ1n) is 4.74. The molecule has 0 fully saturated rings. The van der Waals surface area contributed by atoms with E-state index in [2.05, 4.69) is 0 Å². The fourth-order valence-electron chi connectivity index (χ4n) is 1.07. The molecular formula is C11H16FNS. The second kappa shape index (κ2) is 5.37. The number of halogens is 1. The molecule has 1 atom stereocenters. The summed E-state index contributed by atoms with van der Waals surface area (Å²) in [6.45, 7) is 3.78. The molecule has 1 rings (SSSR count). The maximum Gasteiger partial charge on any atom is 0.126 e. The molecule has 1 nitrogen and oxygen atoms in total. The topological polar surface area (TPSA) is 26.0 Å². The van der Waals surface area contributed by atoms with E-state index < -0.39 is 0 Å². The Morgan fingerprint density at radius 1 is 1.50 bits per heavy atom. The van der Waals surface area contributed by atoms with Crippen LogP contribution < -0.4 is 5.73 Å². The first kappa shape index (κ1) is 11.5. The van der Waals surface area contributed by atoms with E-state index in [4.69, 9.17) is 5.73 Å². The smallest absolute Gasteiger partial charge is 0.126 e. The Morgan fingerprint density at radius 2 is 2.21 bits per heavy atom. The summed E-state index contributed by atoms with van der Waals surface area (Å²) in [5.74, 6) is 0.851. The molecule has 0 aliphatic heterocycles. The number of hydrogen-bond acceptors (Lipinski definition) is 2. The zero-order chi connectivity index (χ0) is 10.6. The average molecular weight is 213 g/mol. The summed E-state index contributed by atoms with van der Waals surface area (Å²) in [5.41, 5.74) is 6.34. The maximum atomic E-state index is 12.9. The Bertz CT molecular complexity index is 299. The van der Waals surface area contributed by atoms with Gasteiger partial charge in [0.05, 0.1) is 0 Å². The quantitative estimate of drug-likeness (QED) is 0.778. The lowest BCUT2D eigenvalue weighted by molar-refractivity contribution is 0.617. The average Bonchev–Trinajstić information content (AvgIpc) is 2.10. The molecule has 0 saturated carbocycles. The molecule has 1 aromatic rings. The van der Waals surface area contributed by atoms with Crippen LogP contribution in [0.3, 0.4) is 0 Å². The van der Waals surface area contributed by atoms with Crippen LogP contribution in [0.25, 0.3) is 0 Å². The van der Waals surface area contributed by atoms with Crippen LogP contribution in [-0.2, 0) is 0 Å². The highest BCUT2D eigenvalue weighted by molar-refractivity contribution is 7.99. The maximum absolute atomic E-state index is 12.9. The van der Waals surface area contributed by atoms with Crippen LogP contribution in [0.1, 0.15) is 18.9 Å². The van der Waals surface area contributed by atoms with E-state index in [1.807, 2.05) is 19.1 Å². The van der Waals surface area contributed by atoms with Gasteiger partial charge in [0, 0.05) is 10.9 Å². The highest BCUT2D eigenvalue weighted by atomic mass is 32.2. The van der Waals surface area contributed by atoms with Gasteiger partial charge < -0.3 is 5.73 Å². The van der Waals surface area contributed by atoms with Crippen LogP contribution in [0.2, 0.25) is 0 Å². The molecule has 0 spiro atoms. The molecule has 0 amide bonds. The van der Waals surface area contributed by atoms with Gasteiger partial charge in [-0.25, -0.2) is 4.39 Å². The fourth-order valence-corrected chi connectivity index (χ4v) is 2.22. The number of nitrogens with two attached hydrogens (primary N) is 1. The molecule has 0 saturated heterocycles. The molecule has 0 radical (unpaired) electrons. The van der Waals surface area contributed by atoms with Crippen molar-refractivity contribution < 1.29 is 4.39 Å². The zero-order valence-corrected chi connectivity index (χ0v) is 9.40. The van der Waals surface area contributed by atoms with Gasteiger partial charge in [0.1, 0.15) is 5.82 Å². The predicted molar refractivity (Wildman–Crippen MR) is 60.1 cm³/mol. The molecule has 0 aromatic heterocycles. The number of thioether (sulfide) groups is 1. The van der Waals surface area contributed by atoms with Gasteiger partial charge in [-0.05, 0) is 49.8 Å². The minimum atomic E-state index is -0.137. The van der Waals surface area contributed by atoms with E-state index in [1.165, 1.54) is 6.07 Å². The monoisotopic (exact) mass is 213 g/mol. The van der Waals surface area contributed by atoms with E-state index in [0.717, 1.165) is 17.1 Å². The lowest BCUT2D eigenvalue weighted by atomic mass is 10.2. The molecule has 1 unspecified atom stereocenters. The van der Waals surface area contributed by atoms with Crippen molar-refractivity contribution in [3.05, 3.63) is 29.6 Å². The van der Waals surface area contributed by atoms with Crippen LogP contribution in [-0.4, -0.2) is 11.8 Å². The lowest BCUT2D eigenvalue weighted by Crippen LogP contribution is -2.15. The van der Waals surface area contributed by atoms with Crippen molar-refractivity contribution in [3.63, 3.8) is 0 Å². The molecule has 14 heavy (non-hydrogen) atoms. The number of rotatable bonds is 4. The first-order valence-corrected chi connectivity index (χ1v) is 5.72. The molecule has 78 valence electrons. The van der Waals surface area contributed by atoms with Gasteiger partial charge in [-0.3, -0.25) is 0 Å². The van der Waals surface area contributed by atoms with Gasteiger partial charge in [-0.2, -0.15) is 0 Å². The summed E-state index contributed by atoms with van der Waals surface area (Å²) in [6, 6.07) is 5.45. The van der Waals surface area contributed by atoms with Gasteiger partial charge in [0.2, 0.25) is 0 Å². The van der Waals surface area contributed by atoms with Crippen LogP contribution in [0, 0.1) is 12.7 Å². The Kier molecular flexibility index (Phi) is 4.42. The van der Waals surface area contributed by atoms with E-state index in [1.54, 1.807) is 18.7 Å². The molecule has 2 N–H and O–H groups in total. The van der Waals surface area contributed by atoms with Crippen molar-refractivity contribution in [2.75, 3.05) is 5.75 Å². The third kappa shape index (κ3) is 3.68. The highest BCUT2D eigenvalue weighted by Crippen LogP contribution is 2.21. The number of benzene rings is 1. The molecule has 0 heterocycles. The first-order chi connectivity index (χ1) is 6.59. The fraction of sp³-hybridized carbons (Fsp3) is 0.455. The second-order valence-electron chi connectivity index (χ2n) is 3.53. The van der Waals surface area contributed by atoms with Crippen LogP contribution in [0.5, 0.6) is 0 Å². The Labute approximate surface area is 88.9 Å². The second-order valence-corrected chi connectivity index (χ2v) is 4.69. The standard InChI is InChI=1S/C11H16FNS/c1-8-7-10(3-4-11(8)12)14-6-5-9(2)13/h3-4,7,9H,5-6,13H2,1-2H3. The van der Waals surface area contributed by atoms with Crippen LogP contribution in [0.15, 0.2) is 23.1 Å². The van der Waals surface area contributed by atoms with E-state index in [9.17, 15) is 4.39 Å². The SMILES string of the molecule is Cc1cc(SCCC(C)N)ccc1F. The zero-order valence-electron chi connectivity index (χ0n) is 8.59. The molecular weight excluding hydrogens is 197 g/mol. The summed E-state index contributed by atoms with van der Waals surface area (Å²) >= 11 is 1.72. The third-order valence-corrected chi connectivity index (χ3v) is 3.00. The highest BCUT2D eigenvalue weighted by Gasteiger charge is 2.00.